The van der Waals surface area contributed by atoms with Crippen LogP contribution < -0.4 is 9.64 Å². The van der Waals surface area contributed by atoms with Crippen LogP contribution in [-0.4, -0.2) is 43.2 Å². The zero-order valence-corrected chi connectivity index (χ0v) is 14.0. The molecule has 2 saturated heterocycles. The Kier molecular flexibility index (Phi) is 3.37. The number of ether oxygens (including phenoxy) is 4. The lowest BCUT2D eigenvalue weighted by atomic mass is 9.76. The van der Waals surface area contributed by atoms with E-state index >= 15 is 0 Å². The van der Waals surface area contributed by atoms with Crippen LogP contribution in [0.5, 0.6) is 5.75 Å². The summed E-state index contributed by atoms with van der Waals surface area (Å²) in [6.45, 7) is 4.19. The number of nitrogens with zero attached hydrogens (tertiary/aromatic N) is 1. The average Bonchev–Trinajstić information content (AvgIpc) is 3.20. The van der Waals surface area contributed by atoms with Crippen molar-refractivity contribution in [2.75, 3.05) is 18.6 Å². The topological polar surface area (TPSA) is 57.2 Å². The Morgan fingerprint density at radius 2 is 2.00 bits per heavy atom. The molecule has 6 heteroatoms. The minimum absolute atomic E-state index is 0.0454. The zero-order chi connectivity index (χ0) is 16.9. The number of amides is 1. The molecule has 1 amide bonds. The predicted molar refractivity (Wildman–Crippen MR) is 86.7 cm³/mol. The molecule has 1 spiro atoms. The summed E-state index contributed by atoms with van der Waals surface area (Å²) in [5.41, 5.74) is -0.0609. The van der Waals surface area contributed by atoms with E-state index in [-0.39, 0.29) is 18.1 Å². The molecule has 0 aromatic heterocycles. The minimum Gasteiger partial charge on any atom is -0.497 e. The largest absolute Gasteiger partial charge is 0.497 e. The van der Waals surface area contributed by atoms with Crippen molar-refractivity contribution < 1.29 is 23.7 Å². The van der Waals surface area contributed by atoms with Gasteiger partial charge in [0.15, 0.2) is 5.79 Å². The molecule has 0 radical (unpaired) electrons. The van der Waals surface area contributed by atoms with Crippen LogP contribution in [0.2, 0.25) is 0 Å². The van der Waals surface area contributed by atoms with Gasteiger partial charge in [-0.05, 0) is 44.2 Å². The number of hydrogen-bond donors (Lipinski definition) is 0. The molecule has 0 unspecified atom stereocenters. The summed E-state index contributed by atoms with van der Waals surface area (Å²) in [6, 6.07) is 7.21. The van der Waals surface area contributed by atoms with Crippen molar-refractivity contribution in [2.45, 2.75) is 43.8 Å². The number of hydrogen-bond acceptors (Lipinski definition) is 5. The number of β-lactam (4-membered cyclic amide) rings is 1. The molecule has 1 aromatic carbocycles. The highest BCUT2D eigenvalue weighted by atomic mass is 16.7. The third-order valence-electron chi connectivity index (χ3n) is 4.87. The maximum atomic E-state index is 12.9. The van der Waals surface area contributed by atoms with E-state index in [4.69, 9.17) is 18.9 Å². The van der Waals surface area contributed by atoms with E-state index < -0.39 is 11.4 Å². The molecule has 0 N–H and O–H groups in total. The Balaban J connectivity index is 1.66. The standard InChI is InChI=1S/C18H21NO5/c1-17(2)23-11-14(24-17)15-18(9-4-10-22-18)16(20)19(15)12-5-7-13(21-3)8-6-12/h4-8,10,14-15H,9,11H2,1-3H3/t14-,15+,18+/m1/s1. The van der Waals surface area contributed by atoms with Crippen molar-refractivity contribution in [3.63, 3.8) is 0 Å². The highest BCUT2D eigenvalue weighted by molar-refractivity contribution is 6.09. The van der Waals surface area contributed by atoms with Crippen LogP contribution in [0.25, 0.3) is 0 Å². The third-order valence-corrected chi connectivity index (χ3v) is 4.87. The molecule has 24 heavy (non-hydrogen) atoms. The summed E-state index contributed by atoms with van der Waals surface area (Å²) < 4.78 is 22.7. The smallest absolute Gasteiger partial charge is 0.274 e. The van der Waals surface area contributed by atoms with Crippen LogP contribution in [0.3, 0.4) is 0 Å². The van der Waals surface area contributed by atoms with Crippen LogP contribution in [0.1, 0.15) is 20.3 Å². The second-order valence-electron chi connectivity index (χ2n) is 6.77. The van der Waals surface area contributed by atoms with Crippen molar-refractivity contribution in [3.05, 3.63) is 36.6 Å². The Morgan fingerprint density at radius 3 is 2.54 bits per heavy atom. The zero-order valence-electron chi connectivity index (χ0n) is 14.0. The van der Waals surface area contributed by atoms with Gasteiger partial charge >= 0.3 is 0 Å². The molecule has 0 bridgehead atoms. The van der Waals surface area contributed by atoms with Gasteiger partial charge in [-0.25, -0.2) is 0 Å². The number of methoxy groups -OCH3 is 1. The second kappa shape index (κ2) is 5.22. The molecular weight excluding hydrogens is 310 g/mol. The van der Waals surface area contributed by atoms with Gasteiger partial charge in [-0.15, -0.1) is 0 Å². The lowest BCUT2D eigenvalue weighted by Gasteiger charge is -2.54. The van der Waals surface area contributed by atoms with Crippen LogP contribution in [0.15, 0.2) is 36.6 Å². The van der Waals surface area contributed by atoms with Gasteiger partial charge in [0.1, 0.15) is 17.9 Å². The first kappa shape index (κ1) is 15.5. The Morgan fingerprint density at radius 1 is 1.25 bits per heavy atom. The number of anilines is 1. The number of carbonyl (C=O) groups is 1. The third kappa shape index (κ3) is 2.13. The van der Waals surface area contributed by atoms with Crippen molar-refractivity contribution in [1.82, 2.24) is 0 Å². The number of rotatable bonds is 3. The van der Waals surface area contributed by atoms with Crippen LogP contribution in [0, 0.1) is 0 Å². The Bertz CT molecular complexity index is 673. The number of benzene rings is 1. The molecule has 3 aliphatic rings. The molecule has 0 saturated carbocycles. The molecule has 4 rings (SSSR count). The van der Waals surface area contributed by atoms with Crippen LogP contribution in [-0.2, 0) is 19.0 Å². The molecule has 128 valence electrons. The molecule has 1 aromatic rings. The van der Waals surface area contributed by atoms with Gasteiger partial charge in [-0.2, -0.15) is 0 Å². The summed E-state index contributed by atoms with van der Waals surface area (Å²) in [4.78, 5) is 14.7. The van der Waals surface area contributed by atoms with Crippen molar-refractivity contribution in [1.29, 1.82) is 0 Å². The molecule has 3 heterocycles. The quantitative estimate of drug-likeness (QED) is 0.795. The molecule has 6 nitrogen and oxygen atoms in total. The van der Waals surface area contributed by atoms with Crippen LogP contribution >= 0.6 is 0 Å². The van der Waals surface area contributed by atoms with E-state index in [0.29, 0.717) is 13.0 Å². The first-order chi connectivity index (χ1) is 11.5. The van der Waals surface area contributed by atoms with Gasteiger partial charge in [0, 0.05) is 12.1 Å². The Labute approximate surface area is 140 Å². The van der Waals surface area contributed by atoms with E-state index in [2.05, 4.69) is 0 Å². The fourth-order valence-corrected chi connectivity index (χ4v) is 3.73. The number of carbonyl (C=O) groups excluding carboxylic acids is 1. The van der Waals surface area contributed by atoms with Crippen molar-refractivity contribution in [3.8, 4) is 5.75 Å². The van der Waals surface area contributed by atoms with Gasteiger partial charge in [-0.1, -0.05) is 0 Å². The lowest BCUT2D eigenvalue weighted by Crippen LogP contribution is -2.78. The van der Waals surface area contributed by atoms with Gasteiger partial charge in [-0.3, -0.25) is 9.69 Å². The molecule has 2 fully saturated rings. The Hall–Kier alpha value is -2.05. The fraction of sp³-hybridized carbons (Fsp3) is 0.500. The average molecular weight is 331 g/mol. The van der Waals surface area contributed by atoms with Gasteiger partial charge in [0.2, 0.25) is 5.60 Å². The van der Waals surface area contributed by atoms with Gasteiger partial charge < -0.3 is 18.9 Å². The fourth-order valence-electron chi connectivity index (χ4n) is 3.73. The summed E-state index contributed by atoms with van der Waals surface area (Å²) in [6.07, 6.45) is 3.82. The summed E-state index contributed by atoms with van der Waals surface area (Å²) >= 11 is 0. The first-order valence-corrected chi connectivity index (χ1v) is 8.09. The molecular formula is C18H21NO5. The predicted octanol–water partition coefficient (Wildman–Crippen LogP) is 2.23. The van der Waals surface area contributed by atoms with Gasteiger partial charge in [0.25, 0.3) is 5.91 Å². The monoisotopic (exact) mass is 331 g/mol. The summed E-state index contributed by atoms with van der Waals surface area (Å²) in [7, 11) is 1.62. The normalized spacial score (nSPS) is 33.6. The van der Waals surface area contributed by atoms with E-state index in [1.54, 1.807) is 18.3 Å². The summed E-state index contributed by atoms with van der Waals surface area (Å²) in [5, 5.41) is 0. The minimum atomic E-state index is -0.867. The maximum absolute atomic E-state index is 12.9. The van der Waals surface area contributed by atoms with E-state index in [0.717, 1.165) is 11.4 Å². The van der Waals surface area contributed by atoms with E-state index in [9.17, 15) is 4.79 Å². The van der Waals surface area contributed by atoms with Crippen molar-refractivity contribution in [2.24, 2.45) is 0 Å². The SMILES string of the molecule is COc1ccc(N2C(=O)[C@]3(CC=CO3)[C@@H]2[C@H]2COC(C)(C)O2)cc1. The highest BCUT2D eigenvalue weighted by Crippen LogP contribution is 2.47. The highest BCUT2D eigenvalue weighted by Gasteiger charge is 2.67. The summed E-state index contributed by atoms with van der Waals surface area (Å²) in [5.74, 6) is 0.0524. The maximum Gasteiger partial charge on any atom is 0.274 e. The van der Waals surface area contributed by atoms with E-state index in [1.807, 2.05) is 44.2 Å². The molecule has 3 aliphatic heterocycles. The lowest BCUT2D eigenvalue weighted by molar-refractivity contribution is -0.172. The second-order valence-corrected chi connectivity index (χ2v) is 6.77. The van der Waals surface area contributed by atoms with Crippen molar-refractivity contribution >= 4 is 11.6 Å². The van der Waals surface area contributed by atoms with Gasteiger partial charge in [0.05, 0.1) is 20.0 Å². The molecule has 0 aliphatic carbocycles. The first-order valence-electron chi connectivity index (χ1n) is 8.09. The van der Waals surface area contributed by atoms with E-state index in [1.165, 1.54) is 0 Å². The van der Waals surface area contributed by atoms with Crippen LogP contribution in [0.4, 0.5) is 5.69 Å². The molecule has 3 atom stereocenters.